The third kappa shape index (κ3) is 3.81. The van der Waals surface area contributed by atoms with Gasteiger partial charge in [0, 0.05) is 29.3 Å². The summed E-state index contributed by atoms with van der Waals surface area (Å²) in [6.45, 7) is 4.07. The zero-order valence-electron chi connectivity index (χ0n) is 14.9. The van der Waals surface area contributed by atoms with Gasteiger partial charge in [-0.15, -0.1) is 11.3 Å². The topological polar surface area (TPSA) is 32.3 Å². The van der Waals surface area contributed by atoms with Crippen LogP contribution in [0.2, 0.25) is 0 Å². The normalized spacial score (nSPS) is 13.3. The number of fused-ring (bicyclic) bond motifs is 1. The predicted molar refractivity (Wildman–Crippen MR) is 109 cm³/mol. The molecule has 0 unspecified atom stereocenters. The van der Waals surface area contributed by atoms with Crippen molar-refractivity contribution in [3.8, 4) is 0 Å². The number of carbonyl (C=O) groups is 1. The number of hydrogen-bond donors (Lipinski definition) is 1. The molecule has 0 saturated carbocycles. The summed E-state index contributed by atoms with van der Waals surface area (Å²) in [6.07, 6.45) is 1.51. The second-order valence-electron chi connectivity index (χ2n) is 6.80. The quantitative estimate of drug-likeness (QED) is 0.723. The van der Waals surface area contributed by atoms with Crippen LogP contribution in [-0.4, -0.2) is 12.5 Å². The zero-order chi connectivity index (χ0) is 17.9. The van der Waals surface area contributed by atoms with Gasteiger partial charge in [0.15, 0.2) is 0 Å². The molecule has 0 fully saturated rings. The standard InChI is InChI=1S/C22H22N2OS/c1-16-2-4-17(5-3-16)14-22(25)23-19-6-8-20(9-7-19)24-12-10-21-18(15-24)11-13-26-21/h2-9,11,13H,10,12,14-15H2,1H3,(H,23,25). The molecule has 0 aliphatic carbocycles. The molecule has 4 rings (SSSR count). The van der Waals surface area contributed by atoms with Crippen molar-refractivity contribution in [3.05, 3.63) is 81.5 Å². The van der Waals surface area contributed by atoms with Gasteiger partial charge in [0.1, 0.15) is 0 Å². The first-order valence-electron chi connectivity index (χ1n) is 8.93. The molecule has 2 heterocycles. The first-order chi connectivity index (χ1) is 12.7. The number of anilines is 2. The fraction of sp³-hybridized carbons (Fsp3) is 0.227. The zero-order valence-corrected chi connectivity index (χ0v) is 15.7. The molecule has 0 spiro atoms. The van der Waals surface area contributed by atoms with Crippen LogP contribution in [0.5, 0.6) is 0 Å². The van der Waals surface area contributed by atoms with E-state index in [1.807, 2.05) is 54.7 Å². The van der Waals surface area contributed by atoms with Crippen molar-refractivity contribution in [2.45, 2.75) is 26.3 Å². The largest absolute Gasteiger partial charge is 0.367 e. The van der Waals surface area contributed by atoms with Crippen LogP contribution in [0.25, 0.3) is 0 Å². The van der Waals surface area contributed by atoms with Crippen LogP contribution in [0.4, 0.5) is 11.4 Å². The van der Waals surface area contributed by atoms with Gasteiger partial charge in [0.05, 0.1) is 6.42 Å². The van der Waals surface area contributed by atoms with E-state index in [4.69, 9.17) is 0 Å². The van der Waals surface area contributed by atoms with E-state index in [9.17, 15) is 4.79 Å². The highest BCUT2D eigenvalue weighted by molar-refractivity contribution is 7.10. The minimum absolute atomic E-state index is 0.0162. The van der Waals surface area contributed by atoms with E-state index in [-0.39, 0.29) is 5.91 Å². The van der Waals surface area contributed by atoms with Gasteiger partial charge in [-0.1, -0.05) is 29.8 Å². The first-order valence-corrected chi connectivity index (χ1v) is 9.81. The third-order valence-corrected chi connectivity index (χ3v) is 5.83. The molecule has 0 radical (unpaired) electrons. The van der Waals surface area contributed by atoms with Crippen molar-refractivity contribution in [1.29, 1.82) is 0 Å². The van der Waals surface area contributed by atoms with Gasteiger partial charge in [-0.25, -0.2) is 0 Å². The van der Waals surface area contributed by atoms with E-state index in [1.165, 1.54) is 21.7 Å². The fourth-order valence-corrected chi connectivity index (χ4v) is 4.21. The van der Waals surface area contributed by atoms with E-state index < -0.39 is 0 Å². The number of amides is 1. The summed E-state index contributed by atoms with van der Waals surface area (Å²) in [4.78, 5) is 16.2. The monoisotopic (exact) mass is 362 g/mol. The number of nitrogens with zero attached hydrogens (tertiary/aromatic N) is 1. The average Bonchev–Trinajstić information content (AvgIpc) is 3.12. The molecule has 4 heteroatoms. The lowest BCUT2D eigenvalue weighted by Gasteiger charge is -2.29. The minimum Gasteiger partial charge on any atom is -0.367 e. The molecule has 3 aromatic rings. The Bertz CT molecular complexity index is 897. The van der Waals surface area contributed by atoms with Crippen molar-refractivity contribution in [3.63, 3.8) is 0 Å². The molecule has 132 valence electrons. The molecular formula is C22H22N2OS. The molecular weight excluding hydrogens is 340 g/mol. The summed E-state index contributed by atoms with van der Waals surface area (Å²) in [7, 11) is 0. The average molecular weight is 362 g/mol. The Morgan fingerprint density at radius 3 is 2.62 bits per heavy atom. The lowest BCUT2D eigenvalue weighted by molar-refractivity contribution is -0.115. The Labute approximate surface area is 158 Å². The van der Waals surface area contributed by atoms with Gasteiger partial charge < -0.3 is 10.2 Å². The van der Waals surface area contributed by atoms with E-state index >= 15 is 0 Å². The molecule has 1 amide bonds. The Hall–Kier alpha value is -2.59. The smallest absolute Gasteiger partial charge is 0.228 e. The number of benzene rings is 2. The second-order valence-corrected chi connectivity index (χ2v) is 7.80. The number of carbonyl (C=O) groups excluding carboxylic acids is 1. The van der Waals surface area contributed by atoms with Crippen molar-refractivity contribution < 1.29 is 4.79 Å². The number of thiophene rings is 1. The highest BCUT2D eigenvalue weighted by Gasteiger charge is 2.17. The van der Waals surface area contributed by atoms with Crippen LogP contribution in [0.3, 0.4) is 0 Å². The summed E-state index contributed by atoms with van der Waals surface area (Å²) < 4.78 is 0. The highest BCUT2D eigenvalue weighted by Crippen LogP contribution is 2.28. The molecule has 0 saturated heterocycles. The first kappa shape index (κ1) is 16.9. The summed E-state index contributed by atoms with van der Waals surface area (Å²) in [5.41, 5.74) is 5.73. The van der Waals surface area contributed by atoms with Crippen LogP contribution in [0, 0.1) is 6.92 Å². The van der Waals surface area contributed by atoms with Gasteiger partial charge in [-0.2, -0.15) is 0 Å². The molecule has 1 aromatic heterocycles. The van der Waals surface area contributed by atoms with Crippen LogP contribution in [0.1, 0.15) is 21.6 Å². The minimum atomic E-state index is 0.0162. The summed E-state index contributed by atoms with van der Waals surface area (Å²) >= 11 is 1.86. The van der Waals surface area contributed by atoms with Crippen molar-refractivity contribution in [2.24, 2.45) is 0 Å². The fourth-order valence-electron chi connectivity index (χ4n) is 3.32. The highest BCUT2D eigenvalue weighted by atomic mass is 32.1. The Balaban J connectivity index is 1.37. The number of rotatable bonds is 4. The van der Waals surface area contributed by atoms with Crippen molar-refractivity contribution >= 4 is 28.6 Å². The Morgan fingerprint density at radius 2 is 1.85 bits per heavy atom. The Kier molecular flexibility index (Phi) is 4.76. The summed E-state index contributed by atoms with van der Waals surface area (Å²) in [5, 5.41) is 5.17. The predicted octanol–water partition coefficient (Wildman–Crippen LogP) is 4.80. The summed E-state index contributed by atoms with van der Waals surface area (Å²) in [5.74, 6) is 0.0162. The molecule has 1 aliphatic rings. The summed E-state index contributed by atoms with van der Waals surface area (Å²) in [6, 6.07) is 18.5. The molecule has 0 atom stereocenters. The van der Waals surface area contributed by atoms with Crippen LogP contribution in [-0.2, 0) is 24.2 Å². The molecule has 1 aliphatic heterocycles. The maximum atomic E-state index is 12.2. The maximum absolute atomic E-state index is 12.2. The molecule has 0 bridgehead atoms. The number of aryl methyl sites for hydroxylation is 1. The molecule has 3 nitrogen and oxygen atoms in total. The van der Waals surface area contributed by atoms with Gasteiger partial charge in [0.2, 0.25) is 5.91 Å². The SMILES string of the molecule is Cc1ccc(CC(=O)Nc2ccc(N3CCc4sccc4C3)cc2)cc1. The van der Waals surface area contributed by atoms with E-state index in [0.717, 1.165) is 30.8 Å². The number of nitrogens with one attached hydrogen (secondary N) is 1. The van der Waals surface area contributed by atoms with Crippen molar-refractivity contribution in [2.75, 3.05) is 16.8 Å². The van der Waals surface area contributed by atoms with Gasteiger partial charge >= 0.3 is 0 Å². The lowest BCUT2D eigenvalue weighted by atomic mass is 10.1. The van der Waals surface area contributed by atoms with Crippen molar-refractivity contribution in [1.82, 2.24) is 0 Å². The second kappa shape index (κ2) is 7.34. The van der Waals surface area contributed by atoms with Crippen LogP contribution < -0.4 is 10.2 Å². The van der Waals surface area contributed by atoms with Crippen LogP contribution in [0.15, 0.2) is 60.0 Å². The number of hydrogen-bond acceptors (Lipinski definition) is 3. The van der Waals surface area contributed by atoms with E-state index in [2.05, 4.69) is 33.8 Å². The lowest BCUT2D eigenvalue weighted by Crippen LogP contribution is -2.29. The maximum Gasteiger partial charge on any atom is 0.228 e. The van der Waals surface area contributed by atoms with Gasteiger partial charge in [-0.3, -0.25) is 4.79 Å². The van der Waals surface area contributed by atoms with E-state index in [1.54, 1.807) is 0 Å². The van der Waals surface area contributed by atoms with Gasteiger partial charge in [-0.05, 0) is 60.2 Å². The molecule has 2 aromatic carbocycles. The molecule has 26 heavy (non-hydrogen) atoms. The van der Waals surface area contributed by atoms with Crippen LogP contribution >= 0.6 is 11.3 Å². The Morgan fingerprint density at radius 1 is 1.08 bits per heavy atom. The van der Waals surface area contributed by atoms with Gasteiger partial charge in [0.25, 0.3) is 0 Å². The third-order valence-electron chi connectivity index (χ3n) is 4.81. The molecule has 1 N–H and O–H groups in total. The van der Waals surface area contributed by atoms with E-state index in [0.29, 0.717) is 6.42 Å².